The van der Waals surface area contributed by atoms with Crippen LogP contribution in [-0.2, 0) is 0 Å². The molecular formula is C12H15BrN2O4. The van der Waals surface area contributed by atoms with Gasteiger partial charge in [-0.2, -0.15) is 0 Å². The van der Waals surface area contributed by atoms with Crippen LogP contribution in [0.1, 0.15) is 24.2 Å². The van der Waals surface area contributed by atoms with Crippen molar-refractivity contribution in [1.82, 2.24) is 5.32 Å². The lowest BCUT2D eigenvalue weighted by atomic mass is 10.1. The van der Waals surface area contributed by atoms with Crippen LogP contribution in [0.15, 0.2) is 22.7 Å². The average Bonchev–Trinajstić information content (AvgIpc) is 2.35. The fourth-order valence-electron chi connectivity index (χ4n) is 1.33. The highest BCUT2D eigenvalue weighted by atomic mass is 79.9. The predicted octanol–water partition coefficient (Wildman–Crippen LogP) is 2.10. The van der Waals surface area contributed by atoms with Gasteiger partial charge >= 0.3 is 0 Å². The second-order valence-corrected chi connectivity index (χ2v) is 5.30. The number of non-ortho nitro benzene ring substituents is 1. The first-order valence-corrected chi connectivity index (χ1v) is 6.52. The third kappa shape index (κ3) is 4.29. The van der Waals surface area contributed by atoms with Crippen molar-refractivity contribution < 1.29 is 14.8 Å². The lowest BCUT2D eigenvalue weighted by Gasteiger charge is -2.15. The summed E-state index contributed by atoms with van der Waals surface area (Å²) in [5.41, 5.74) is 0.0166. The van der Waals surface area contributed by atoms with E-state index in [9.17, 15) is 20.0 Å². The van der Waals surface area contributed by atoms with Gasteiger partial charge in [0.1, 0.15) is 0 Å². The molecule has 0 radical (unpaired) electrons. The van der Waals surface area contributed by atoms with Crippen molar-refractivity contribution in [3.63, 3.8) is 0 Å². The molecule has 1 unspecified atom stereocenters. The molecule has 7 heteroatoms. The molecule has 19 heavy (non-hydrogen) atoms. The van der Waals surface area contributed by atoms with E-state index in [4.69, 9.17) is 0 Å². The van der Waals surface area contributed by atoms with Gasteiger partial charge in [-0.1, -0.05) is 13.8 Å². The molecule has 1 rings (SSSR count). The van der Waals surface area contributed by atoms with E-state index in [0.29, 0.717) is 4.47 Å². The maximum atomic E-state index is 11.9. The van der Waals surface area contributed by atoms with Crippen LogP contribution in [0.5, 0.6) is 0 Å². The first kappa shape index (κ1) is 15.6. The molecule has 1 aromatic carbocycles. The first-order valence-electron chi connectivity index (χ1n) is 5.73. The summed E-state index contributed by atoms with van der Waals surface area (Å²) in [7, 11) is 0. The van der Waals surface area contributed by atoms with Crippen molar-refractivity contribution in [3.05, 3.63) is 38.3 Å². The van der Waals surface area contributed by atoms with E-state index >= 15 is 0 Å². The molecule has 0 fully saturated rings. The highest BCUT2D eigenvalue weighted by molar-refractivity contribution is 9.10. The van der Waals surface area contributed by atoms with Gasteiger partial charge in [0.25, 0.3) is 11.6 Å². The quantitative estimate of drug-likeness (QED) is 0.638. The molecule has 6 nitrogen and oxygen atoms in total. The van der Waals surface area contributed by atoms with E-state index in [2.05, 4.69) is 21.2 Å². The Bertz CT molecular complexity index is 491. The minimum atomic E-state index is -0.651. The Morgan fingerprint density at radius 3 is 2.68 bits per heavy atom. The second kappa shape index (κ2) is 6.63. The first-order chi connectivity index (χ1) is 8.82. The van der Waals surface area contributed by atoms with Crippen LogP contribution in [0.4, 0.5) is 5.69 Å². The lowest BCUT2D eigenvalue weighted by Crippen LogP contribution is -2.34. The molecule has 0 saturated carbocycles. The number of nitro benzene ring substituents is 1. The SMILES string of the molecule is CC(C)C(O)CNC(=O)c1cc([N+](=O)[O-])ccc1Br. The van der Waals surface area contributed by atoms with Crippen LogP contribution in [0.25, 0.3) is 0 Å². The van der Waals surface area contributed by atoms with Gasteiger partial charge in [-0.05, 0) is 27.9 Å². The van der Waals surface area contributed by atoms with E-state index in [-0.39, 0.29) is 23.7 Å². The molecule has 2 N–H and O–H groups in total. The van der Waals surface area contributed by atoms with E-state index < -0.39 is 16.9 Å². The minimum absolute atomic E-state index is 0.0221. The molecule has 0 aliphatic rings. The van der Waals surface area contributed by atoms with Gasteiger partial charge in [0.2, 0.25) is 0 Å². The molecule has 1 atom stereocenters. The fraction of sp³-hybridized carbons (Fsp3) is 0.417. The Hall–Kier alpha value is -1.47. The number of carbonyl (C=O) groups excluding carboxylic acids is 1. The van der Waals surface area contributed by atoms with Gasteiger partial charge in [0.05, 0.1) is 16.6 Å². The van der Waals surface area contributed by atoms with Crippen molar-refractivity contribution in [3.8, 4) is 0 Å². The summed E-state index contributed by atoms with van der Waals surface area (Å²) in [6.07, 6.45) is -0.651. The van der Waals surface area contributed by atoms with E-state index in [1.807, 2.05) is 13.8 Å². The third-order valence-electron chi connectivity index (χ3n) is 2.65. The Morgan fingerprint density at radius 1 is 1.53 bits per heavy atom. The Labute approximate surface area is 119 Å². The van der Waals surface area contributed by atoms with Crippen LogP contribution in [0.2, 0.25) is 0 Å². The molecule has 1 amide bonds. The number of halogens is 1. The van der Waals surface area contributed by atoms with E-state index in [1.54, 1.807) is 0 Å². The molecular weight excluding hydrogens is 316 g/mol. The monoisotopic (exact) mass is 330 g/mol. The van der Waals surface area contributed by atoms with Crippen molar-refractivity contribution in [2.24, 2.45) is 5.92 Å². The summed E-state index contributed by atoms with van der Waals surface area (Å²) in [6.45, 7) is 3.77. The zero-order valence-corrected chi connectivity index (χ0v) is 12.2. The molecule has 0 aliphatic carbocycles. The van der Waals surface area contributed by atoms with Gasteiger partial charge in [-0.25, -0.2) is 0 Å². The maximum Gasteiger partial charge on any atom is 0.270 e. The molecule has 0 saturated heterocycles. The lowest BCUT2D eigenvalue weighted by molar-refractivity contribution is -0.384. The van der Waals surface area contributed by atoms with Crippen LogP contribution < -0.4 is 5.32 Å². The predicted molar refractivity (Wildman–Crippen MR) is 74.0 cm³/mol. The maximum absolute atomic E-state index is 11.9. The number of nitrogens with zero attached hydrogens (tertiary/aromatic N) is 1. The molecule has 1 aromatic rings. The second-order valence-electron chi connectivity index (χ2n) is 4.44. The third-order valence-corrected chi connectivity index (χ3v) is 3.34. The summed E-state index contributed by atoms with van der Waals surface area (Å²) in [6, 6.07) is 3.96. The summed E-state index contributed by atoms with van der Waals surface area (Å²) in [5, 5.41) is 22.8. The Morgan fingerprint density at radius 2 is 2.16 bits per heavy atom. The Balaban J connectivity index is 2.82. The zero-order chi connectivity index (χ0) is 14.6. The largest absolute Gasteiger partial charge is 0.391 e. The molecule has 0 bridgehead atoms. The van der Waals surface area contributed by atoms with Gasteiger partial charge < -0.3 is 10.4 Å². The van der Waals surface area contributed by atoms with Gasteiger partial charge in [-0.3, -0.25) is 14.9 Å². The van der Waals surface area contributed by atoms with Crippen molar-refractivity contribution in [1.29, 1.82) is 0 Å². The van der Waals surface area contributed by atoms with Crippen LogP contribution in [-0.4, -0.2) is 28.6 Å². The Kier molecular flexibility index (Phi) is 5.44. The fourth-order valence-corrected chi connectivity index (χ4v) is 1.76. The molecule has 0 spiro atoms. The zero-order valence-electron chi connectivity index (χ0n) is 10.6. The number of amides is 1. The highest BCUT2D eigenvalue weighted by Gasteiger charge is 2.17. The molecule has 104 valence electrons. The average molecular weight is 331 g/mol. The minimum Gasteiger partial charge on any atom is -0.391 e. The standard InChI is InChI=1S/C12H15BrN2O4/c1-7(2)11(16)6-14-12(17)9-5-8(15(18)19)3-4-10(9)13/h3-5,7,11,16H,6H2,1-2H3,(H,14,17). The number of rotatable bonds is 5. The summed E-state index contributed by atoms with van der Waals surface area (Å²) in [4.78, 5) is 22.0. The number of aliphatic hydroxyl groups excluding tert-OH is 1. The summed E-state index contributed by atoms with van der Waals surface area (Å²) in [5.74, 6) is -0.441. The summed E-state index contributed by atoms with van der Waals surface area (Å²) >= 11 is 3.17. The number of nitro groups is 1. The van der Waals surface area contributed by atoms with Crippen LogP contribution in [0.3, 0.4) is 0 Å². The number of carbonyl (C=O) groups is 1. The number of aliphatic hydroxyl groups is 1. The normalized spacial score (nSPS) is 12.3. The number of nitrogens with one attached hydrogen (secondary N) is 1. The highest BCUT2D eigenvalue weighted by Crippen LogP contribution is 2.22. The molecule has 0 aromatic heterocycles. The van der Waals surface area contributed by atoms with E-state index in [0.717, 1.165) is 0 Å². The molecule has 0 heterocycles. The van der Waals surface area contributed by atoms with Crippen LogP contribution >= 0.6 is 15.9 Å². The smallest absolute Gasteiger partial charge is 0.270 e. The van der Waals surface area contributed by atoms with Crippen molar-refractivity contribution in [2.75, 3.05) is 6.54 Å². The van der Waals surface area contributed by atoms with Crippen molar-refractivity contribution in [2.45, 2.75) is 20.0 Å². The number of hydrogen-bond donors (Lipinski definition) is 2. The number of hydrogen-bond acceptors (Lipinski definition) is 4. The summed E-state index contributed by atoms with van der Waals surface area (Å²) < 4.78 is 0.467. The number of benzene rings is 1. The van der Waals surface area contributed by atoms with Crippen molar-refractivity contribution >= 4 is 27.5 Å². The van der Waals surface area contributed by atoms with Crippen LogP contribution in [0, 0.1) is 16.0 Å². The van der Waals surface area contributed by atoms with Gasteiger partial charge in [0.15, 0.2) is 0 Å². The van der Waals surface area contributed by atoms with E-state index in [1.165, 1.54) is 18.2 Å². The molecule has 0 aliphatic heterocycles. The van der Waals surface area contributed by atoms with Gasteiger partial charge in [0, 0.05) is 23.2 Å². The topological polar surface area (TPSA) is 92.5 Å². The van der Waals surface area contributed by atoms with Gasteiger partial charge in [-0.15, -0.1) is 0 Å².